The standard InChI is InChI=1S/C23H26N2O4S/c1-25(2)22(27)30-18-9-7-17(8-10-18)24-21(26)23(12-4-3-5-13-23)16-6-11-19-20(14-16)29-15-28-19/h6-11,14H,3-5,12-13,15H2,1-2H3,(H,24,26). The Morgan fingerprint density at radius 2 is 1.67 bits per heavy atom. The van der Waals surface area contributed by atoms with Crippen LogP contribution in [0.5, 0.6) is 11.5 Å². The fourth-order valence-corrected chi connectivity index (χ4v) is 4.70. The summed E-state index contributed by atoms with van der Waals surface area (Å²) in [6.45, 7) is 0.221. The number of carbonyl (C=O) groups is 2. The topological polar surface area (TPSA) is 67.9 Å². The van der Waals surface area contributed by atoms with Gasteiger partial charge in [0.1, 0.15) is 0 Å². The summed E-state index contributed by atoms with van der Waals surface area (Å²) in [4.78, 5) is 27.7. The van der Waals surface area contributed by atoms with E-state index in [0.717, 1.165) is 65.8 Å². The molecule has 0 unspecified atom stereocenters. The van der Waals surface area contributed by atoms with Gasteiger partial charge in [-0.25, -0.2) is 0 Å². The van der Waals surface area contributed by atoms with E-state index >= 15 is 0 Å². The molecule has 0 saturated heterocycles. The number of fused-ring (bicyclic) bond motifs is 1. The van der Waals surface area contributed by atoms with Crippen molar-refractivity contribution in [3.63, 3.8) is 0 Å². The number of hydrogen-bond donors (Lipinski definition) is 1. The van der Waals surface area contributed by atoms with Crippen LogP contribution in [0.2, 0.25) is 0 Å². The van der Waals surface area contributed by atoms with Gasteiger partial charge in [-0.05, 0) is 66.6 Å². The van der Waals surface area contributed by atoms with Gasteiger partial charge < -0.3 is 19.7 Å². The molecule has 0 bridgehead atoms. The van der Waals surface area contributed by atoms with Crippen LogP contribution in [-0.4, -0.2) is 36.9 Å². The van der Waals surface area contributed by atoms with Gasteiger partial charge in [0.2, 0.25) is 12.7 Å². The molecule has 0 aromatic heterocycles. The van der Waals surface area contributed by atoms with Crippen molar-refractivity contribution in [3.05, 3.63) is 48.0 Å². The number of anilines is 1. The van der Waals surface area contributed by atoms with Gasteiger partial charge in [-0.15, -0.1) is 0 Å². The first-order valence-corrected chi connectivity index (χ1v) is 11.0. The lowest BCUT2D eigenvalue weighted by molar-refractivity contribution is -0.122. The van der Waals surface area contributed by atoms with Crippen LogP contribution >= 0.6 is 11.8 Å². The number of benzene rings is 2. The van der Waals surface area contributed by atoms with Crippen LogP contribution in [0.3, 0.4) is 0 Å². The first-order valence-electron chi connectivity index (χ1n) is 10.2. The Hall–Kier alpha value is -2.67. The van der Waals surface area contributed by atoms with Crippen molar-refractivity contribution < 1.29 is 19.1 Å². The summed E-state index contributed by atoms with van der Waals surface area (Å²) in [6, 6.07) is 13.3. The monoisotopic (exact) mass is 426 g/mol. The number of hydrogen-bond acceptors (Lipinski definition) is 5. The summed E-state index contributed by atoms with van der Waals surface area (Å²) in [5.74, 6) is 1.44. The Morgan fingerprint density at radius 1 is 0.967 bits per heavy atom. The number of amides is 2. The number of rotatable bonds is 4. The molecule has 2 aromatic rings. The highest BCUT2D eigenvalue weighted by molar-refractivity contribution is 8.13. The van der Waals surface area contributed by atoms with Gasteiger partial charge in [0.25, 0.3) is 5.24 Å². The Labute approximate surface area is 180 Å². The maximum absolute atomic E-state index is 13.5. The summed E-state index contributed by atoms with van der Waals surface area (Å²) < 4.78 is 11.0. The highest BCUT2D eigenvalue weighted by atomic mass is 32.2. The first-order chi connectivity index (χ1) is 14.5. The van der Waals surface area contributed by atoms with Crippen molar-refractivity contribution in [2.75, 3.05) is 26.2 Å². The second kappa shape index (κ2) is 8.60. The van der Waals surface area contributed by atoms with Crippen molar-refractivity contribution in [1.29, 1.82) is 0 Å². The maximum atomic E-state index is 13.5. The van der Waals surface area contributed by atoms with Gasteiger partial charge in [-0.3, -0.25) is 9.59 Å². The van der Waals surface area contributed by atoms with Gasteiger partial charge in [0.05, 0.1) is 5.41 Å². The molecule has 0 spiro atoms. The van der Waals surface area contributed by atoms with Gasteiger partial charge >= 0.3 is 0 Å². The maximum Gasteiger partial charge on any atom is 0.285 e. The van der Waals surface area contributed by atoms with Crippen molar-refractivity contribution in [1.82, 2.24) is 4.90 Å². The van der Waals surface area contributed by atoms with Crippen molar-refractivity contribution in [2.45, 2.75) is 42.4 Å². The lowest BCUT2D eigenvalue weighted by atomic mass is 9.68. The first kappa shape index (κ1) is 20.6. The lowest BCUT2D eigenvalue weighted by Gasteiger charge is -2.36. The largest absolute Gasteiger partial charge is 0.454 e. The Morgan fingerprint density at radius 3 is 2.37 bits per heavy atom. The van der Waals surface area contributed by atoms with E-state index in [1.165, 1.54) is 0 Å². The number of nitrogens with zero attached hydrogens (tertiary/aromatic N) is 1. The van der Waals surface area contributed by atoms with Crippen molar-refractivity contribution in [3.8, 4) is 11.5 Å². The summed E-state index contributed by atoms with van der Waals surface area (Å²) in [5, 5.41) is 3.07. The van der Waals surface area contributed by atoms with E-state index in [1.807, 2.05) is 42.5 Å². The van der Waals surface area contributed by atoms with Gasteiger partial charge in [0.15, 0.2) is 11.5 Å². The van der Waals surface area contributed by atoms with Crippen LogP contribution < -0.4 is 14.8 Å². The van der Waals surface area contributed by atoms with Crippen LogP contribution in [-0.2, 0) is 10.2 Å². The molecule has 1 saturated carbocycles. The molecule has 1 N–H and O–H groups in total. The minimum atomic E-state index is -0.576. The van der Waals surface area contributed by atoms with E-state index in [1.54, 1.807) is 19.0 Å². The Bertz CT molecular complexity index is 937. The van der Waals surface area contributed by atoms with Crippen LogP contribution in [0, 0.1) is 0 Å². The summed E-state index contributed by atoms with van der Waals surface area (Å²) >= 11 is 1.16. The summed E-state index contributed by atoms with van der Waals surface area (Å²) in [6.07, 6.45) is 4.80. The summed E-state index contributed by atoms with van der Waals surface area (Å²) in [7, 11) is 3.45. The average Bonchev–Trinajstić information content (AvgIpc) is 3.23. The average molecular weight is 427 g/mol. The van der Waals surface area contributed by atoms with Crippen LogP contribution in [0.1, 0.15) is 37.7 Å². The van der Waals surface area contributed by atoms with E-state index in [0.29, 0.717) is 5.75 Å². The third-order valence-electron chi connectivity index (χ3n) is 5.75. The molecular formula is C23H26N2O4S. The normalized spacial score (nSPS) is 16.7. The molecular weight excluding hydrogens is 400 g/mol. The molecule has 1 aliphatic heterocycles. The number of ether oxygens (including phenoxy) is 2. The molecule has 4 rings (SSSR count). The predicted molar refractivity (Wildman–Crippen MR) is 117 cm³/mol. The zero-order valence-corrected chi connectivity index (χ0v) is 18.1. The molecule has 0 radical (unpaired) electrons. The van der Waals surface area contributed by atoms with Crippen molar-refractivity contribution in [2.24, 2.45) is 0 Å². The smallest absolute Gasteiger partial charge is 0.285 e. The number of nitrogens with one attached hydrogen (secondary N) is 1. The van der Waals surface area contributed by atoms with E-state index in [9.17, 15) is 9.59 Å². The second-order valence-corrected chi connectivity index (χ2v) is 8.98. The predicted octanol–water partition coefficient (Wildman–Crippen LogP) is 5.03. The molecule has 2 aliphatic rings. The van der Waals surface area contributed by atoms with E-state index in [2.05, 4.69) is 5.32 Å². The molecule has 2 amide bonds. The molecule has 2 aromatic carbocycles. The lowest BCUT2D eigenvalue weighted by Crippen LogP contribution is -2.42. The highest BCUT2D eigenvalue weighted by Gasteiger charge is 2.42. The molecule has 30 heavy (non-hydrogen) atoms. The molecule has 7 heteroatoms. The molecule has 1 fully saturated rings. The quantitative estimate of drug-likeness (QED) is 0.695. The molecule has 1 heterocycles. The highest BCUT2D eigenvalue weighted by Crippen LogP contribution is 2.44. The van der Waals surface area contributed by atoms with Gasteiger partial charge in [0, 0.05) is 24.7 Å². The number of thioether (sulfide) groups is 1. The van der Waals surface area contributed by atoms with Gasteiger partial charge in [-0.2, -0.15) is 0 Å². The van der Waals surface area contributed by atoms with Crippen LogP contribution in [0.25, 0.3) is 0 Å². The van der Waals surface area contributed by atoms with Gasteiger partial charge in [-0.1, -0.05) is 25.3 Å². The number of carbonyl (C=O) groups excluding carboxylic acids is 2. The van der Waals surface area contributed by atoms with E-state index < -0.39 is 5.41 Å². The fraction of sp³-hybridized carbons (Fsp3) is 0.391. The van der Waals surface area contributed by atoms with E-state index in [4.69, 9.17) is 9.47 Å². The molecule has 1 aliphatic carbocycles. The SMILES string of the molecule is CN(C)C(=O)Sc1ccc(NC(=O)C2(c3ccc4c(c3)OCO4)CCCCC2)cc1. The minimum Gasteiger partial charge on any atom is -0.454 e. The Balaban J connectivity index is 1.54. The van der Waals surface area contributed by atoms with E-state index in [-0.39, 0.29) is 17.9 Å². The molecule has 0 atom stereocenters. The zero-order chi connectivity index (χ0) is 21.1. The van der Waals surface area contributed by atoms with Crippen molar-refractivity contribution >= 4 is 28.6 Å². The Kier molecular flexibility index (Phi) is 5.90. The molecule has 158 valence electrons. The third kappa shape index (κ3) is 4.12. The fourth-order valence-electron chi connectivity index (χ4n) is 4.05. The zero-order valence-electron chi connectivity index (χ0n) is 17.3. The van der Waals surface area contributed by atoms with Crippen LogP contribution in [0.15, 0.2) is 47.4 Å². The third-order valence-corrected chi connectivity index (χ3v) is 6.80. The van der Waals surface area contributed by atoms with Crippen LogP contribution in [0.4, 0.5) is 10.5 Å². The second-order valence-electron chi connectivity index (χ2n) is 7.95. The molecule has 6 nitrogen and oxygen atoms in total. The summed E-state index contributed by atoms with van der Waals surface area (Å²) in [5.41, 5.74) is 1.13. The minimum absolute atomic E-state index is 0.00540.